The van der Waals surface area contributed by atoms with Crippen molar-refractivity contribution < 1.29 is 77.7 Å². The van der Waals surface area contributed by atoms with Crippen molar-refractivity contribution in [2.45, 2.75) is 221 Å². The number of imide groups is 1. The van der Waals surface area contributed by atoms with Gasteiger partial charge in [0.05, 0.1) is 13.2 Å². The van der Waals surface area contributed by atoms with Crippen molar-refractivity contribution in [1.82, 2.24) is 9.80 Å². The fourth-order valence-corrected chi connectivity index (χ4v) is 10.4. The van der Waals surface area contributed by atoms with Crippen molar-refractivity contribution in [2.24, 2.45) is 0 Å². The van der Waals surface area contributed by atoms with Crippen molar-refractivity contribution in [1.29, 1.82) is 0 Å². The van der Waals surface area contributed by atoms with Gasteiger partial charge in [0.25, 0.3) is 21.9 Å². The molecule has 2 aliphatic rings. The molecule has 3 amide bonds. The summed E-state index contributed by atoms with van der Waals surface area (Å²) in [5.74, 6) is -1.19. The van der Waals surface area contributed by atoms with Crippen LogP contribution in [-0.4, -0.2) is 169 Å². The second kappa shape index (κ2) is 31.5. The molecule has 404 valence electrons. The molecule has 9 atom stereocenters. The van der Waals surface area contributed by atoms with Crippen LogP contribution >= 0.6 is 0 Å². The molecule has 4 rings (SSSR count). The van der Waals surface area contributed by atoms with Crippen molar-refractivity contribution in [2.75, 3.05) is 32.8 Å². The SMILES string of the molecule is CCCCCCCCCCCCCCCC(=O)N(CCCCCCCCCCCCN1C(=O)c2cccc3c(S(=O)(=O)O)ccc(c23)C1=O)C[C@H](O)[C@@H](O)[C@H](O[C@@H]1O[C@H](CO)[C@H](O)[C@H](O)[C@H]1O)[C@H](O)CO. The predicted octanol–water partition coefficient (Wildman–Crippen LogP) is 5.15. The first-order valence-corrected chi connectivity index (χ1v) is 27.8. The van der Waals surface area contributed by atoms with Crippen LogP contribution in [0.4, 0.5) is 0 Å². The highest BCUT2D eigenvalue weighted by Crippen LogP contribution is 2.34. The monoisotopic (exact) mass is 1020 g/mol. The first-order valence-electron chi connectivity index (χ1n) is 26.3. The molecular weight excluding hydrogens is 941 g/mol. The molecule has 0 aromatic heterocycles. The van der Waals surface area contributed by atoms with E-state index in [4.69, 9.17) is 9.47 Å². The van der Waals surface area contributed by atoms with Crippen molar-refractivity contribution in [3.05, 3.63) is 41.5 Å². The third-order valence-electron chi connectivity index (χ3n) is 14.0. The zero-order valence-electron chi connectivity index (χ0n) is 41.8. The van der Waals surface area contributed by atoms with Crippen LogP contribution in [-0.2, 0) is 24.4 Å². The fraction of sp³-hybridized carbons (Fsp3) is 0.750. The summed E-state index contributed by atoms with van der Waals surface area (Å²) >= 11 is 0. The molecule has 19 heteroatoms. The topological polar surface area (TPSA) is 292 Å². The molecule has 1 saturated heterocycles. The molecule has 2 heterocycles. The summed E-state index contributed by atoms with van der Waals surface area (Å²) in [7, 11) is -4.56. The lowest BCUT2D eigenvalue weighted by Gasteiger charge is -2.42. The van der Waals surface area contributed by atoms with E-state index in [2.05, 4.69) is 6.92 Å². The number of nitrogens with zero attached hydrogens (tertiary/aromatic N) is 2. The van der Waals surface area contributed by atoms with E-state index in [-0.39, 0.29) is 52.2 Å². The molecule has 0 unspecified atom stereocenters. The average Bonchev–Trinajstić information content (AvgIpc) is 3.35. The number of carbonyl (C=O) groups excluding carboxylic acids is 3. The summed E-state index contributed by atoms with van der Waals surface area (Å²) in [5.41, 5.74) is 0.434. The minimum absolute atomic E-state index is 0.126. The standard InChI is InChI=1S/C52H84N2O16S/c1-2-3-4-5-6-7-8-9-10-13-16-19-22-28-43(59)53(33-39(57)45(60)49(40(58)34-55)70-52-48(63)47(62)46(61)41(35-56)69-52)31-23-20-17-14-11-12-15-18-21-24-32-54-50(64)37-27-25-26-36-42(71(66,67)68)30-29-38(44(36)37)51(54)65/h25-27,29-30,39-41,45-49,52,55-58,60-63H,2-24,28,31-35H2,1H3,(H,66,67,68)/t39-,40+,41+,45+,46-,47-,48+,49+,52-/m0/s1. The van der Waals surface area contributed by atoms with Crippen LogP contribution in [0.5, 0.6) is 0 Å². The highest BCUT2D eigenvalue weighted by atomic mass is 32.2. The van der Waals surface area contributed by atoms with Crippen molar-refractivity contribution in [3.8, 4) is 0 Å². The zero-order chi connectivity index (χ0) is 51.9. The molecule has 1 fully saturated rings. The van der Waals surface area contributed by atoms with Crippen LogP contribution in [0.3, 0.4) is 0 Å². The predicted molar refractivity (Wildman–Crippen MR) is 266 cm³/mol. The minimum Gasteiger partial charge on any atom is -0.394 e. The molecule has 0 saturated carbocycles. The Morgan fingerprint density at radius 3 is 1.75 bits per heavy atom. The molecule has 0 radical (unpaired) electrons. The quantitative estimate of drug-likeness (QED) is 0.0240. The van der Waals surface area contributed by atoms with Gasteiger partial charge >= 0.3 is 0 Å². The minimum atomic E-state index is -4.56. The largest absolute Gasteiger partial charge is 0.394 e. The third-order valence-corrected chi connectivity index (χ3v) is 14.9. The van der Waals surface area contributed by atoms with Gasteiger partial charge < -0.3 is 55.2 Å². The summed E-state index contributed by atoms with van der Waals surface area (Å²) in [6.07, 6.45) is 8.31. The Hall–Kier alpha value is -3.18. The number of aliphatic hydroxyl groups excluding tert-OH is 8. The molecule has 0 spiro atoms. The Bertz CT molecular complexity index is 2000. The number of hydrogen-bond donors (Lipinski definition) is 9. The number of carbonyl (C=O) groups is 3. The van der Waals surface area contributed by atoms with Crippen molar-refractivity contribution in [3.63, 3.8) is 0 Å². The smallest absolute Gasteiger partial charge is 0.295 e. The molecule has 71 heavy (non-hydrogen) atoms. The van der Waals surface area contributed by atoms with Gasteiger partial charge in [-0.25, -0.2) is 0 Å². The number of amides is 3. The Morgan fingerprint density at radius 1 is 0.690 bits per heavy atom. The second-order valence-corrected chi connectivity index (χ2v) is 20.9. The van der Waals surface area contributed by atoms with Crippen LogP contribution in [0.2, 0.25) is 0 Å². The van der Waals surface area contributed by atoms with E-state index in [1.54, 1.807) is 6.07 Å². The summed E-state index contributed by atoms with van der Waals surface area (Å²) < 4.78 is 44.5. The van der Waals surface area contributed by atoms with E-state index in [1.807, 2.05) is 0 Å². The van der Waals surface area contributed by atoms with Crippen LogP contribution in [0.15, 0.2) is 35.2 Å². The first-order chi connectivity index (χ1) is 34.1. The van der Waals surface area contributed by atoms with E-state index in [0.29, 0.717) is 25.8 Å². The van der Waals surface area contributed by atoms with Gasteiger partial charge in [0.15, 0.2) is 6.29 Å². The second-order valence-electron chi connectivity index (χ2n) is 19.6. The molecule has 2 aromatic carbocycles. The lowest BCUT2D eigenvalue weighted by atomic mass is 9.94. The Balaban J connectivity index is 1.20. The fourth-order valence-electron chi connectivity index (χ4n) is 9.69. The van der Waals surface area contributed by atoms with E-state index in [9.17, 15) is 68.2 Å². The number of rotatable bonds is 37. The number of unbranched alkanes of at least 4 members (excludes halogenated alkanes) is 21. The lowest BCUT2D eigenvalue weighted by Crippen LogP contribution is -2.61. The van der Waals surface area contributed by atoms with Gasteiger partial charge in [0.1, 0.15) is 53.7 Å². The molecule has 2 aliphatic heterocycles. The van der Waals surface area contributed by atoms with E-state index >= 15 is 0 Å². The van der Waals surface area contributed by atoms with Gasteiger partial charge in [-0.3, -0.25) is 23.8 Å². The highest BCUT2D eigenvalue weighted by Gasteiger charge is 2.47. The van der Waals surface area contributed by atoms with Gasteiger partial charge in [-0.2, -0.15) is 8.42 Å². The Morgan fingerprint density at radius 2 is 1.21 bits per heavy atom. The first kappa shape index (κ1) is 60.4. The van der Waals surface area contributed by atoms with E-state index in [1.165, 1.54) is 91.9 Å². The van der Waals surface area contributed by atoms with Crippen LogP contribution < -0.4 is 0 Å². The molecule has 0 aliphatic carbocycles. The summed E-state index contributed by atoms with van der Waals surface area (Å²) in [6.45, 7) is 0.768. The average molecular weight is 1030 g/mol. The van der Waals surface area contributed by atoms with Gasteiger partial charge in [-0.1, -0.05) is 147 Å². The maximum atomic E-state index is 13.6. The van der Waals surface area contributed by atoms with Gasteiger partial charge in [0, 0.05) is 48.0 Å². The molecule has 9 N–H and O–H groups in total. The summed E-state index contributed by atoms with van der Waals surface area (Å²) in [5, 5.41) is 83.8. The molecule has 2 aromatic rings. The summed E-state index contributed by atoms with van der Waals surface area (Å²) in [4.78, 5) is 42.6. The normalized spacial score (nSPS) is 21.2. The van der Waals surface area contributed by atoms with Crippen LogP contribution in [0.25, 0.3) is 10.8 Å². The number of ether oxygens (including phenoxy) is 2. The van der Waals surface area contributed by atoms with Gasteiger partial charge in [0.2, 0.25) is 5.91 Å². The number of benzene rings is 2. The third kappa shape index (κ3) is 18.3. The molecule has 18 nitrogen and oxygen atoms in total. The summed E-state index contributed by atoms with van der Waals surface area (Å²) in [6, 6.07) is 7.06. The Kier molecular flexibility index (Phi) is 26.8. The van der Waals surface area contributed by atoms with E-state index in [0.717, 1.165) is 70.6 Å². The maximum absolute atomic E-state index is 13.6. The van der Waals surface area contributed by atoms with Crippen molar-refractivity contribution >= 4 is 38.6 Å². The highest BCUT2D eigenvalue weighted by molar-refractivity contribution is 7.86. The van der Waals surface area contributed by atoms with Gasteiger partial charge in [-0.05, 0) is 37.5 Å². The molecular formula is C52H84N2O16S. The molecule has 0 bridgehead atoms. The zero-order valence-corrected chi connectivity index (χ0v) is 42.6. The van der Waals surface area contributed by atoms with Gasteiger partial charge in [-0.15, -0.1) is 0 Å². The van der Waals surface area contributed by atoms with E-state index < -0.39 is 90.3 Å². The van der Waals surface area contributed by atoms with Crippen LogP contribution in [0.1, 0.15) is 182 Å². The number of hydrogen-bond acceptors (Lipinski definition) is 15. The number of aliphatic hydroxyl groups is 8. The Labute approximate surface area is 420 Å². The van der Waals surface area contributed by atoms with Crippen LogP contribution in [0, 0.1) is 0 Å². The maximum Gasteiger partial charge on any atom is 0.295 e. The lowest BCUT2D eigenvalue weighted by molar-refractivity contribution is -0.327.